The minimum Gasteiger partial charge on any atom is -0.396 e. The topological polar surface area (TPSA) is 20.2 Å². The molecule has 0 aromatic heterocycles. The summed E-state index contributed by atoms with van der Waals surface area (Å²) in [5, 5.41) is 8.87. The van der Waals surface area contributed by atoms with Gasteiger partial charge in [-0.3, -0.25) is 0 Å². The highest BCUT2D eigenvalue weighted by Gasteiger charge is 2.23. The van der Waals surface area contributed by atoms with Gasteiger partial charge in [-0.25, -0.2) is 0 Å². The summed E-state index contributed by atoms with van der Waals surface area (Å²) in [4.78, 5) is 0. The molecule has 0 spiro atoms. The van der Waals surface area contributed by atoms with Gasteiger partial charge in [0.1, 0.15) is 0 Å². The summed E-state index contributed by atoms with van der Waals surface area (Å²) in [7, 11) is 0. The van der Waals surface area contributed by atoms with Crippen LogP contribution in [0.1, 0.15) is 13.8 Å². The van der Waals surface area contributed by atoms with Gasteiger partial charge in [0.05, 0.1) is 0 Å². The molecule has 1 N–H and O–H groups in total. The van der Waals surface area contributed by atoms with E-state index < -0.39 is 0 Å². The lowest BCUT2D eigenvalue weighted by molar-refractivity contribution is 0.181. The zero-order valence-electron chi connectivity index (χ0n) is 6.04. The van der Waals surface area contributed by atoms with Crippen molar-refractivity contribution in [2.24, 2.45) is 17.8 Å². The molecule has 1 nitrogen and oxygen atoms in total. The third kappa shape index (κ3) is 1.16. The van der Waals surface area contributed by atoms with Gasteiger partial charge < -0.3 is 5.11 Å². The van der Waals surface area contributed by atoms with E-state index in [0.29, 0.717) is 24.4 Å². The molecule has 9 heavy (non-hydrogen) atoms. The van der Waals surface area contributed by atoms with Crippen LogP contribution in [0.2, 0.25) is 0 Å². The standard InChI is InChI=1S/C8H14O/c1-6-3-4-7(2)8(6)5-9/h3-4,6-9H,5H2,1-2H3. The molecule has 0 aliphatic heterocycles. The van der Waals surface area contributed by atoms with E-state index in [1.807, 2.05) is 0 Å². The van der Waals surface area contributed by atoms with Gasteiger partial charge in [0.2, 0.25) is 0 Å². The van der Waals surface area contributed by atoms with Gasteiger partial charge in [0.15, 0.2) is 0 Å². The molecule has 1 aliphatic rings. The van der Waals surface area contributed by atoms with Crippen LogP contribution < -0.4 is 0 Å². The first kappa shape index (κ1) is 6.81. The second-order valence-corrected chi connectivity index (χ2v) is 2.95. The fraction of sp³-hybridized carbons (Fsp3) is 0.750. The molecule has 52 valence electrons. The van der Waals surface area contributed by atoms with Crippen molar-refractivity contribution in [1.29, 1.82) is 0 Å². The quantitative estimate of drug-likeness (QED) is 0.527. The molecule has 1 rings (SSSR count). The lowest BCUT2D eigenvalue weighted by atomic mass is 9.91. The van der Waals surface area contributed by atoms with E-state index in [4.69, 9.17) is 5.11 Å². The average molecular weight is 126 g/mol. The summed E-state index contributed by atoms with van der Waals surface area (Å²) in [6.07, 6.45) is 4.37. The van der Waals surface area contributed by atoms with Crippen LogP contribution in [0, 0.1) is 17.8 Å². The fourth-order valence-corrected chi connectivity index (χ4v) is 1.45. The number of aliphatic hydroxyl groups excluding tert-OH is 1. The fourth-order valence-electron chi connectivity index (χ4n) is 1.45. The van der Waals surface area contributed by atoms with Crippen molar-refractivity contribution in [3.8, 4) is 0 Å². The van der Waals surface area contributed by atoms with Crippen molar-refractivity contribution in [1.82, 2.24) is 0 Å². The van der Waals surface area contributed by atoms with Crippen molar-refractivity contribution < 1.29 is 5.11 Å². The van der Waals surface area contributed by atoms with E-state index in [9.17, 15) is 0 Å². The minimum absolute atomic E-state index is 0.329. The van der Waals surface area contributed by atoms with Gasteiger partial charge in [-0.1, -0.05) is 26.0 Å². The largest absolute Gasteiger partial charge is 0.396 e. The number of aliphatic hydroxyl groups is 1. The molecule has 1 aliphatic carbocycles. The summed E-state index contributed by atoms with van der Waals surface area (Å²) in [5.41, 5.74) is 0. The Labute approximate surface area is 56.4 Å². The Morgan fingerprint density at radius 3 is 1.89 bits per heavy atom. The van der Waals surface area contributed by atoms with Crippen molar-refractivity contribution >= 4 is 0 Å². The van der Waals surface area contributed by atoms with Crippen LogP contribution >= 0.6 is 0 Å². The molecule has 0 aromatic carbocycles. The molecular weight excluding hydrogens is 112 g/mol. The van der Waals surface area contributed by atoms with Gasteiger partial charge >= 0.3 is 0 Å². The van der Waals surface area contributed by atoms with Gasteiger partial charge in [-0.05, 0) is 17.8 Å². The smallest absolute Gasteiger partial charge is 0.0470 e. The maximum absolute atomic E-state index is 8.87. The molecule has 2 atom stereocenters. The lowest BCUT2D eigenvalue weighted by Gasteiger charge is -2.16. The SMILES string of the molecule is CC1C=CC(C)C1CO. The average Bonchev–Trinajstić information content (AvgIpc) is 2.12. The Balaban J connectivity index is 2.53. The highest BCUT2D eigenvalue weighted by molar-refractivity contribution is 5.03. The molecule has 0 saturated carbocycles. The van der Waals surface area contributed by atoms with Crippen LogP contribution in [-0.4, -0.2) is 11.7 Å². The van der Waals surface area contributed by atoms with Gasteiger partial charge in [0.25, 0.3) is 0 Å². The first-order chi connectivity index (χ1) is 4.25. The van der Waals surface area contributed by atoms with E-state index in [1.165, 1.54) is 0 Å². The Morgan fingerprint density at radius 1 is 1.22 bits per heavy atom. The summed E-state index contributed by atoms with van der Waals surface area (Å²) in [6, 6.07) is 0. The van der Waals surface area contributed by atoms with E-state index in [1.54, 1.807) is 0 Å². The molecule has 0 heterocycles. The molecule has 1 heteroatoms. The van der Waals surface area contributed by atoms with Gasteiger partial charge in [-0.15, -0.1) is 0 Å². The maximum Gasteiger partial charge on any atom is 0.0470 e. The highest BCUT2D eigenvalue weighted by atomic mass is 16.3. The van der Waals surface area contributed by atoms with Crippen LogP contribution in [0.4, 0.5) is 0 Å². The van der Waals surface area contributed by atoms with Crippen LogP contribution in [0.5, 0.6) is 0 Å². The predicted molar refractivity (Wildman–Crippen MR) is 38.0 cm³/mol. The van der Waals surface area contributed by atoms with E-state index in [2.05, 4.69) is 26.0 Å². The molecule has 0 saturated heterocycles. The normalized spacial score (nSPS) is 41.9. The summed E-state index contributed by atoms with van der Waals surface area (Å²) in [6.45, 7) is 4.64. The summed E-state index contributed by atoms with van der Waals surface area (Å²) >= 11 is 0. The number of allylic oxidation sites excluding steroid dienone is 2. The van der Waals surface area contributed by atoms with E-state index in [-0.39, 0.29) is 0 Å². The van der Waals surface area contributed by atoms with Crippen LogP contribution in [-0.2, 0) is 0 Å². The van der Waals surface area contributed by atoms with Crippen molar-refractivity contribution in [3.63, 3.8) is 0 Å². The summed E-state index contributed by atoms with van der Waals surface area (Å²) < 4.78 is 0. The molecule has 0 bridgehead atoms. The highest BCUT2D eigenvalue weighted by Crippen LogP contribution is 2.29. The zero-order valence-corrected chi connectivity index (χ0v) is 6.04. The van der Waals surface area contributed by atoms with E-state index >= 15 is 0 Å². The molecule has 0 fully saturated rings. The minimum atomic E-state index is 0.329. The molecule has 0 amide bonds. The lowest BCUT2D eigenvalue weighted by Crippen LogP contribution is -2.15. The Morgan fingerprint density at radius 2 is 1.67 bits per heavy atom. The summed E-state index contributed by atoms with van der Waals surface area (Å²) in [5.74, 6) is 1.62. The molecular formula is C8H14O. The Bertz CT molecular complexity index is 106. The number of hydrogen-bond acceptors (Lipinski definition) is 1. The van der Waals surface area contributed by atoms with E-state index in [0.717, 1.165) is 0 Å². The van der Waals surface area contributed by atoms with Crippen molar-refractivity contribution in [2.45, 2.75) is 13.8 Å². The third-order valence-electron chi connectivity index (χ3n) is 2.28. The first-order valence-electron chi connectivity index (χ1n) is 3.55. The second kappa shape index (κ2) is 2.53. The third-order valence-corrected chi connectivity index (χ3v) is 2.28. The van der Waals surface area contributed by atoms with Crippen LogP contribution in [0.25, 0.3) is 0 Å². The maximum atomic E-state index is 8.87. The zero-order chi connectivity index (χ0) is 6.85. The van der Waals surface area contributed by atoms with Crippen LogP contribution in [0.15, 0.2) is 12.2 Å². The van der Waals surface area contributed by atoms with Crippen molar-refractivity contribution in [3.05, 3.63) is 12.2 Å². The van der Waals surface area contributed by atoms with Gasteiger partial charge in [-0.2, -0.15) is 0 Å². The van der Waals surface area contributed by atoms with Crippen LogP contribution in [0.3, 0.4) is 0 Å². The Hall–Kier alpha value is -0.300. The number of rotatable bonds is 1. The molecule has 0 radical (unpaired) electrons. The first-order valence-corrected chi connectivity index (χ1v) is 3.55. The van der Waals surface area contributed by atoms with Crippen molar-refractivity contribution in [2.75, 3.05) is 6.61 Å². The monoisotopic (exact) mass is 126 g/mol. The molecule has 0 aromatic rings. The molecule has 2 unspecified atom stereocenters. The van der Waals surface area contributed by atoms with Gasteiger partial charge in [0, 0.05) is 6.61 Å². The predicted octanol–water partition coefficient (Wildman–Crippen LogP) is 1.44. The number of hydrogen-bond donors (Lipinski definition) is 1. The second-order valence-electron chi connectivity index (χ2n) is 2.95. The Kier molecular flexibility index (Phi) is 1.91.